The number of guanidine groups is 1. The molecule has 1 aliphatic heterocycles. The molecule has 0 saturated heterocycles. The van der Waals surface area contributed by atoms with Crippen molar-refractivity contribution in [1.82, 2.24) is 5.32 Å². The van der Waals surface area contributed by atoms with Crippen molar-refractivity contribution in [3.8, 4) is 11.5 Å². The zero-order valence-electron chi connectivity index (χ0n) is 15.5. The van der Waals surface area contributed by atoms with Gasteiger partial charge in [-0.15, -0.1) is 0 Å². The van der Waals surface area contributed by atoms with E-state index in [0.29, 0.717) is 30.5 Å². The lowest BCUT2D eigenvalue weighted by atomic mass is 10.0. The quantitative estimate of drug-likeness (QED) is 0.557. The number of para-hydroxylation sites is 1. The van der Waals surface area contributed by atoms with Crippen LogP contribution in [0.2, 0.25) is 0 Å². The highest BCUT2D eigenvalue weighted by molar-refractivity contribution is 5.90. The van der Waals surface area contributed by atoms with Crippen LogP contribution in [0, 0.1) is 0 Å². The van der Waals surface area contributed by atoms with Crippen molar-refractivity contribution in [1.29, 1.82) is 0 Å². The van der Waals surface area contributed by atoms with Crippen LogP contribution in [-0.2, 0) is 11.3 Å². The fraction of sp³-hybridized carbons (Fsp3) is 0.300. The highest BCUT2D eigenvalue weighted by Crippen LogP contribution is 2.31. The molecule has 2 aromatic carbocycles. The number of benzene rings is 2. The fourth-order valence-electron chi connectivity index (χ4n) is 3.03. The van der Waals surface area contributed by atoms with Crippen LogP contribution in [0.25, 0.3) is 0 Å². The molecule has 0 bridgehead atoms. The lowest BCUT2D eigenvalue weighted by molar-refractivity contribution is -0.114. The Hall–Kier alpha value is -3.22. The smallest absolute Gasteiger partial charge is 0.221 e. The summed E-state index contributed by atoms with van der Waals surface area (Å²) >= 11 is 0. The summed E-state index contributed by atoms with van der Waals surface area (Å²) < 4.78 is 10.9. The SMILES string of the molecule is COc1ccc(CN=C(N)NC2CCOc3ccccc32)cc1NC(C)=O. The Kier molecular flexibility index (Phi) is 5.80. The molecule has 0 aliphatic carbocycles. The Morgan fingerprint density at radius 1 is 1.33 bits per heavy atom. The van der Waals surface area contributed by atoms with Crippen LogP contribution in [-0.4, -0.2) is 25.6 Å². The van der Waals surface area contributed by atoms with Gasteiger partial charge in [-0.2, -0.15) is 0 Å². The van der Waals surface area contributed by atoms with Crippen molar-refractivity contribution in [2.45, 2.75) is 25.9 Å². The number of methoxy groups -OCH3 is 1. The van der Waals surface area contributed by atoms with Crippen LogP contribution >= 0.6 is 0 Å². The van der Waals surface area contributed by atoms with Gasteiger partial charge in [-0.25, -0.2) is 4.99 Å². The molecule has 1 amide bonds. The maximum Gasteiger partial charge on any atom is 0.221 e. The molecule has 0 spiro atoms. The lowest BCUT2D eigenvalue weighted by Crippen LogP contribution is -2.37. The van der Waals surface area contributed by atoms with Gasteiger partial charge in [0.05, 0.1) is 32.0 Å². The van der Waals surface area contributed by atoms with Crippen LogP contribution in [0.4, 0.5) is 5.69 Å². The number of anilines is 1. The Morgan fingerprint density at radius 2 is 2.15 bits per heavy atom. The first-order valence-corrected chi connectivity index (χ1v) is 8.79. The summed E-state index contributed by atoms with van der Waals surface area (Å²) in [5, 5.41) is 6.02. The van der Waals surface area contributed by atoms with Crippen molar-refractivity contribution in [2.24, 2.45) is 10.7 Å². The first-order valence-electron chi connectivity index (χ1n) is 8.79. The first kappa shape index (κ1) is 18.6. The average molecular weight is 368 g/mol. The molecule has 4 N–H and O–H groups in total. The highest BCUT2D eigenvalue weighted by atomic mass is 16.5. The van der Waals surface area contributed by atoms with E-state index in [2.05, 4.69) is 15.6 Å². The van der Waals surface area contributed by atoms with E-state index in [4.69, 9.17) is 15.2 Å². The van der Waals surface area contributed by atoms with E-state index in [1.807, 2.05) is 36.4 Å². The van der Waals surface area contributed by atoms with Crippen LogP contribution in [0.1, 0.15) is 30.5 Å². The number of amides is 1. The molecular weight excluding hydrogens is 344 g/mol. The van der Waals surface area contributed by atoms with Gasteiger partial charge in [0.25, 0.3) is 0 Å². The number of fused-ring (bicyclic) bond motifs is 1. The first-order chi connectivity index (χ1) is 13.1. The Morgan fingerprint density at radius 3 is 2.93 bits per heavy atom. The number of rotatable bonds is 5. The summed E-state index contributed by atoms with van der Waals surface area (Å²) in [6.07, 6.45) is 0.822. The molecule has 0 fully saturated rings. The fourth-order valence-corrected chi connectivity index (χ4v) is 3.03. The van der Waals surface area contributed by atoms with Crippen molar-refractivity contribution in [3.05, 3.63) is 53.6 Å². The number of nitrogens with one attached hydrogen (secondary N) is 2. The number of aliphatic imine (C=N–C) groups is 1. The number of carbonyl (C=O) groups excluding carboxylic acids is 1. The molecule has 142 valence electrons. The molecule has 0 saturated carbocycles. The van der Waals surface area contributed by atoms with E-state index in [0.717, 1.165) is 23.3 Å². The third-order valence-electron chi connectivity index (χ3n) is 4.29. The molecule has 1 heterocycles. The number of ether oxygens (including phenoxy) is 2. The van der Waals surface area contributed by atoms with Crippen molar-refractivity contribution in [2.75, 3.05) is 19.0 Å². The average Bonchev–Trinajstić information content (AvgIpc) is 2.66. The maximum absolute atomic E-state index is 11.3. The molecule has 0 radical (unpaired) electrons. The molecule has 3 rings (SSSR count). The third kappa shape index (κ3) is 4.69. The number of carbonyl (C=O) groups is 1. The summed E-state index contributed by atoms with van der Waals surface area (Å²) in [5.41, 5.74) is 8.70. The maximum atomic E-state index is 11.3. The minimum Gasteiger partial charge on any atom is -0.495 e. The minimum absolute atomic E-state index is 0.0736. The molecule has 2 aromatic rings. The second-order valence-corrected chi connectivity index (χ2v) is 6.29. The second-order valence-electron chi connectivity index (χ2n) is 6.29. The molecule has 1 atom stereocenters. The van der Waals surface area contributed by atoms with Crippen LogP contribution in [0.15, 0.2) is 47.5 Å². The van der Waals surface area contributed by atoms with E-state index in [-0.39, 0.29) is 11.9 Å². The largest absolute Gasteiger partial charge is 0.495 e. The second kappa shape index (κ2) is 8.44. The standard InChI is InChI=1S/C20H24N4O3/c1-13(25)23-17-11-14(7-8-19(17)26-2)12-22-20(21)24-16-9-10-27-18-6-4-3-5-15(16)18/h3-8,11,16H,9-10,12H2,1-2H3,(H,23,25)(H3,21,22,24). The van der Waals surface area contributed by atoms with Crippen molar-refractivity contribution < 1.29 is 14.3 Å². The number of nitrogens with two attached hydrogens (primary N) is 1. The van der Waals surface area contributed by atoms with E-state index >= 15 is 0 Å². The Labute approximate surface area is 158 Å². The summed E-state index contributed by atoms with van der Waals surface area (Å²) in [7, 11) is 1.56. The molecule has 27 heavy (non-hydrogen) atoms. The Balaban J connectivity index is 1.68. The summed E-state index contributed by atoms with van der Waals surface area (Å²) in [5.74, 6) is 1.69. The van der Waals surface area contributed by atoms with Gasteiger partial charge in [-0.3, -0.25) is 4.79 Å². The van der Waals surface area contributed by atoms with Gasteiger partial charge in [0, 0.05) is 18.9 Å². The van der Waals surface area contributed by atoms with E-state index < -0.39 is 0 Å². The van der Waals surface area contributed by atoms with Gasteiger partial charge >= 0.3 is 0 Å². The highest BCUT2D eigenvalue weighted by Gasteiger charge is 2.21. The monoisotopic (exact) mass is 368 g/mol. The minimum atomic E-state index is -0.159. The predicted octanol–water partition coefficient (Wildman–Crippen LogP) is 2.58. The lowest BCUT2D eigenvalue weighted by Gasteiger charge is -2.26. The molecule has 7 nitrogen and oxygen atoms in total. The summed E-state index contributed by atoms with van der Waals surface area (Å²) in [6.45, 7) is 2.48. The number of hydrogen-bond acceptors (Lipinski definition) is 4. The number of hydrogen-bond donors (Lipinski definition) is 3. The van der Waals surface area contributed by atoms with Gasteiger partial charge < -0.3 is 25.8 Å². The van der Waals surface area contributed by atoms with E-state index in [9.17, 15) is 4.79 Å². The number of nitrogens with zero attached hydrogens (tertiary/aromatic N) is 1. The molecule has 1 unspecified atom stereocenters. The summed E-state index contributed by atoms with van der Waals surface area (Å²) in [4.78, 5) is 15.8. The van der Waals surface area contributed by atoms with Crippen LogP contribution in [0.5, 0.6) is 11.5 Å². The van der Waals surface area contributed by atoms with Crippen LogP contribution in [0.3, 0.4) is 0 Å². The van der Waals surface area contributed by atoms with Crippen molar-refractivity contribution >= 4 is 17.6 Å². The zero-order valence-corrected chi connectivity index (χ0v) is 15.5. The topological polar surface area (TPSA) is 98.0 Å². The third-order valence-corrected chi connectivity index (χ3v) is 4.29. The van der Waals surface area contributed by atoms with Gasteiger partial charge in [0.1, 0.15) is 11.5 Å². The van der Waals surface area contributed by atoms with Gasteiger partial charge in [0.15, 0.2) is 5.96 Å². The molecule has 0 aromatic heterocycles. The van der Waals surface area contributed by atoms with Crippen molar-refractivity contribution in [3.63, 3.8) is 0 Å². The Bertz CT molecular complexity index is 851. The summed E-state index contributed by atoms with van der Waals surface area (Å²) in [6, 6.07) is 13.5. The molecule has 7 heteroatoms. The van der Waals surface area contributed by atoms with Gasteiger partial charge in [-0.05, 0) is 23.8 Å². The van der Waals surface area contributed by atoms with Crippen LogP contribution < -0.4 is 25.8 Å². The van der Waals surface area contributed by atoms with Gasteiger partial charge in [0.2, 0.25) is 5.91 Å². The predicted molar refractivity (Wildman–Crippen MR) is 105 cm³/mol. The van der Waals surface area contributed by atoms with E-state index in [1.165, 1.54) is 6.92 Å². The zero-order chi connectivity index (χ0) is 19.2. The molecular formula is C20H24N4O3. The normalized spacial score (nSPS) is 16.1. The molecule has 1 aliphatic rings. The van der Waals surface area contributed by atoms with Gasteiger partial charge in [-0.1, -0.05) is 24.3 Å². The van der Waals surface area contributed by atoms with E-state index in [1.54, 1.807) is 13.2 Å².